The fourth-order valence-corrected chi connectivity index (χ4v) is 3.02. The maximum Gasteiger partial charge on any atom is 0.324 e. The van der Waals surface area contributed by atoms with E-state index >= 15 is 0 Å². The molecule has 0 saturated carbocycles. The van der Waals surface area contributed by atoms with Gasteiger partial charge in [-0.2, -0.15) is 0 Å². The summed E-state index contributed by atoms with van der Waals surface area (Å²) in [5.41, 5.74) is 0.317. The molecule has 10 heteroatoms. The van der Waals surface area contributed by atoms with Crippen LogP contribution < -0.4 is 10.6 Å². The summed E-state index contributed by atoms with van der Waals surface area (Å²) in [5.74, 6) is 0.376. The molecule has 0 atom stereocenters. The lowest BCUT2D eigenvalue weighted by molar-refractivity contribution is 0.262. The van der Waals surface area contributed by atoms with E-state index in [0.717, 1.165) is 0 Å². The molecule has 0 saturated heterocycles. The Bertz CT molecular complexity index is 770. The molecule has 22 heavy (non-hydrogen) atoms. The molecule has 1 aromatic heterocycles. The molecular weight excluding hydrogens is 373 g/mol. The molecule has 2 aromatic rings. The summed E-state index contributed by atoms with van der Waals surface area (Å²) in [6.45, 7) is 0. The van der Waals surface area contributed by atoms with Crippen molar-refractivity contribution in [2.45, 2.75) is 4.90 Å². The van der Waals surface area contributed by atoms with Gasteiger partial charge in [0.25, 0.3) is 9.05 Å². The van der Waals surface area contributed by atoms with Crippen LogP contribution in [-0.2, 0) is 9.05 Å². The van der Waals surface area contributed by atoms with E-state index in [4.69, 9.17) is 22.3 Å². The number of nitrogens with one attached hydrogen (secondary N) is 2. The lowest BCUT2D eigenvalue weighted by Crippen LogP contribution is -2.20. The van der Waals surface area contributed by atoms with E-state index in [1.165, 1.54) is 24.4 Å². The molecule has 0 radical (unpaired) electrons. The minimum atomic E-state index is -3.93. The van der Waals surface area contributed by atoms with Gasteiger partial charge in [0.15, 0.2) is 0 Å². The van der Waals surface area contributed by atoms with Gasteiger partial charge in [-0.25, -0.2) is 18.2 Å². The van der Waals surface area contributed by atoms with Crippen molar-refractivity contribution in [2.24, 2.45) is 0 Å². The molecule has 0 spiro atoms. The molecule has 2 rings (SSSR count). The first-order valence-corrected chi connectivity index (χ1v) is 8.28. The van der Waals surface area contributed by atoms with E-state index < -0.39 is 15.1 Å². The van der Waals surface area contributed by atoms with Gasteiger partial charge in [-0.15, -0.1) is 12.4 Å². The normalized spacial score (nSPS) is 10.5. The first-order chi connectivity index (χ1) is 9.86. The number of aromatic nitrogens is 1. The second-order valence-electron chi connectivity index (χ2n) is 3.88. The number of hydrogen-bond acceptors (Lipinski definition) is 4. The number of urea groups is 1. The van der Waals surface area contributed by atoms with Gasteiger partial charge in [-0.05, 0) is 30.3 Å². The number of anilines is 2. The fraction of sp³-hybridized carbons (Fsp3) is 0. The lowest BCUT2D eigenvalue weighted by Gasteiger charge is -2.08. The maximum absolute atomic E-state index is 11.7. The van der Waals surface area contributed by atoms with Gasteiger partial charge in [0.05, 0.1) is 5.02 Å². The van der Waals surface area contributed by atoms with Crippen LogP contribution in [0.5, 0.6) is 0 Å². The van der Waals surface area contributed by atoms with Crippen molar-refractivity contribution in [1.82, 2.24) is 4.98 Å². The Balaban J connectivity index is 0.00000242. The minimum absolute atomic E-state index is 0. The first-order valence-electron chi connectivity index (χ1n) is 5.59. The van der Waals surface area contributed by atoms with Gasteiger partial charge >= 0.3 is 6.03 Å². The highest BCUT2D eigenvalue weighted by molar-refractivity contribution is 8.13. The van der Waals surface area contributed by atoms with E-state index in [9.17, 15) is 13.2 Å². The Morgan fingerprint density at radius 2 is 1.86 bits per heavy atom. The summed E-state index contributed by atoms with van der Waals surface area (Å²) in [5, 5.41) is 4.92. The van der Waals surface area contributed by atoms with E-state index in [0.29, 0.717) is 11.5 Å². The number of nitrogens with zero attached hydrogens (tertiary/aromatic N) is 1. The number of benzene rings is 1. The fourth-order valence-electron chi connectivity index (χ4n) is 1.49. The molecule has 0 aliphatic carbocycles. The van der Waals surface area contributed by atoms with Gasteiger partial charge < -0.3 is 5.32 Å². The Morgan fingerprint density at radius 3 is 2.41 bits per heavy atom. The molecule has 2 N–H and O–H groups in total. The summed E-state index contributed by atoms with van der Waals surface area (Å²) in [6, 6.07) is 8.39. The molecule has 0 aliphatic heterocycles. The quantitative estimate of drug-likeness (QED) is 0.792. The molecule has 0 unspecified atom stereocenters. The van der Waals surface area contributed by atoms with Crippen molar-refractivity contribution in [1.29, 1.82) is 0 Å². The van der Waals surface area contributed by atoms with Crippen LogP contribution in [-0.4, -0.2) is 19.4 Å². The number of carbonyl (C=O) groups is 1. The van der Waals surface area contributed by atoms with Gasteiger partial charge in [0.1, 0.15) is 10.7 Å². The molecule has 2 amide bonds. The van der Waals surface area contributed by atoms with Gasteiger partial charge in [-0.1, -0.05) is 17.7 Å². The van der Waals surface area contributed by atoms with Crippen LogP contribution in [0.4, 0.5) is 16.3 Å². The Labute approximate surface area is 142 Å². The average Bonchev–Trinajstić information content (AvgIpc) is 2.38. The summed E-state index contributed by atoms with van der Waals surface area (Å²) in [7, 11) is 1.28. The summed E-state index contributed by atoms with van der Waals surface area (Å²) < 4.78 is 22.4. The Kier molecular flexibility index (Phi) is 6.43. The number of halogens is 3. The second kappa shape index (κ2) is 7.64. The van der Waals surface area contributed by atoms with Gasteiger partial charge in [-0.3, -0.25) is 5.32 Å². The smallest absolute Gasteiger partial charge is 0.308 e. The zero-order chi connectivity index (χ0) is 15.5. The van der Waals surface area contributed by atoms with E-state index in [1.807, 2.05) is 0 Å². The lowest BCUT2D eigenvalue weighted by atomic mass is 10.3. The van der Waals surface area contributed by atoms with Crippen LogP contribution in [0.15, 0.2) is 47.5 Å². The van der Waals surface area contributed by atoms with Crippen molar-refractivity contribution in [3.05, 3.63) is 47.6 Å². The third-order valence-corrected chi connectivity index (χ3v) is 4.16. The SMILES string of the molecule is Cl.O=C(Nc1ccc(S(=O)(=O)Cl)c(Cl)c1)Nc1ccccn1. The maximum atomic E-state index is 11.7. The van der Waals surface area contributed by atoms with Crippen LogP contribution in [0.1, 0.15) is 0 Å². The molecule has 118 valence electrons. The third-order valence-electron chi connectivity index (χ3n) is 2.36. The van der Waals surface area contributed by atoms with E-state index in [2.05, 4.69) is 15.6 Å². The standard InChI is InChI=1S/C12H9Cl2N3O3S.ClH/c13-9-7-8(4-5-10(9)21(14,19)20)16-12(18)17-11-3-1-2-6-15-11;/h1-7H,(H2,15,16,17,18);1H. The van der Waals surface area contributed by atoms with Crippen LogP contribution >= 0.6 is 34.7 Å². The van der Waals surface area contributed by atoms with Crippen molar-refractivity contribution >= 4 is 61.3 Å². The zero-order valence-corrected chi connectivity index (χ0v) is 13.9. The van der Waals surface area contributed by atoms with E-state index in [-0.39, 0.29) is 22.3 Å². The molecule has 6 nitrogen and oxygen atoms in total. The summed E-state index contributed by atoms with van der Waals surface area (Å²) in [6.07, 6.45) is 1.53. The van der Waals surface area contributed by atoms with Crippen molar-refractivity contribution < 1.29 is 13.2 Å². The Hall–Kier alpha value is -1.54. The number of hydrogen-bond donors (Lipinski definition) is 2. The number of pyridine rings is 1. The predicted molar refractivity (Wildman–Crippen MR) is 88.6 cm³/mol. The average molecular weight is 383 g/mol. The van der Waals surface area contributed by atoms with Crippen LogP contribution in [0.25, 0.3) is 0 Å². The highest BCUT2D eigenvalue weighted by Crippen LogP contribution is 2.27. The van der Waals surface area contributed by atoms with Crippen molar-refractivity contribution in [2.75, 3.05) is 10.6 Å². The second-order valence-corrected chi connectivity index (χ2v) is 6.82. The number of carbonyl (C=O) groups excluding carboxylic acids is 1. The predicted octanol–water partition coefficient (Wildman–Crippen LogP) is 3.73. The van der Waals surface area contributed by atoms with E-state index in [1.54, 1.807) is 18.2 Å². The molecule has 1 heterocycles. The topological polar surface area (TPSA) is 88.2 Å². The van der Waals surface area contributed by atoms with Crippen LogP contribution in [0.3, 0.4) is 0 Å². The van der Waals surface area contributed by atoms with Gasteiger partial charge in [0.2, 0.25) is 0 Å². The number of rotatable bonds is 3. The van der Waals surface area contributed by atoms with Crippen molar-refractivity contribution in [3.8, 4) is 0 Å². The minimum Gasteiger partial charge on any atom is -0.308 e. The first kappa shape index (κ1) is 18.5. The summed E-state index contributed by atoms with van der Waals surface area (Å²) >= 11 is 5.81. The highest BCUT2D eigenvalue weighted by Gasteiger charge is 2.15. The van der Waals surface area contributed by atoms with Gasteiger partial charge in [0, 0.05) is 22.6 Å². The largest absolute Gasteiger partial charge is 0.324 e. The molecule has 0 fully saturated rings. The summed E-state index contributed by atoms with van der Waals surface area (Å²) in [4.78, 5) is 15.4. The third kappa shape index (κ3) is 5.03. The van der Waals surface area contributed by atoms with Crippen LogP contribution in [0.2, 0.25) is 5.02 Å². The molecule has 1 aromatic carbocycles. The van der Waals surface area contributed by atoms with Crippen LogP contribution in [0, 0.1) is 0 Å². The highest BCUT2D eigenvalue weighted by atomic mass is 35.7. The molecule has 0 aliphatic rings. The number of amides is 2. The zero-order valence-electron chi connectivity index (χ0n) is 10.8. The molecule has 0 bridgehead atoms. The van der Waals surface area contributed by atoms with Crippen molar-refractivity contribution in [3.63, 3.8) is 0 Å². The molecular formula is C12H10Cl3N3O3S. The monoisotopic (exact) mass is 381 g/mol. The Morgan fingerprint density at radius 1 is 1.14 bits per heavy atom.